The van der Waals surface area contributed by atoms with Crippen LogP contribution in [0.1, 0.15) is 58.3 Å². The fourth-order valence-corrected chi connectivity index (χ4v) is 4.90. The SMILES string of the molecule is CCN(C(=O)c1cc(F)ccc1Oc1nncnc1N1CCC2(CN(C(=O)OC(C)(C)C)C2)C1)C(C)C. The predicted octanol–water partition coefficient (Wildman–Crippen LogP) is 4.12. The van der Waals surface area contributed by atoms with Gasteiger partial charge in [-0.2, -0.15) is 0 Å². The fraction of sp³-hybridized carbons (Fsp3) is 0.577. The number of halogens is 1. The molecule has 37 heavy (non-hydrogen) atoms. The maximum atomic E-state index is 14.1. The fourth-order valence-electron chi connectivity index (χ4n) is 4.90. The number of carbonyl (C=O) groups is 2. The van der Waals surface area contributed by atoms with Gasteiger partial charge in [-0.1, -0.05) is 0 Å². The van der Waals surface area contributed by atoms with Gasteiger partial charge < -0.3 is 24.2 Å². The Bertz CT molecular complexity index is 1160. The second-order valence-electron chi connectivity index (χ2n) is 11.0. The van der Waals surface area contributed by atoms with Gasteiger partial charge in [-0.25, -0.2) is 14.2 Å². The third-order valence-corrected chi connectivity index (χ3v) is 6.62. The number of nitrogens with zero attached hydrogens (tertiary/aromatic N) is 6. The van der Waals surface area contributed by atoms with Crippen LogP contribution in [0.25, 0.3) is 0 Å². The zero-order chi connectivity index (χ0) is 27.0. The summed E-state index contributed by atoms with van der Waals surface area (Å²) in [6.07, 6.45) is 1.91. The van der Waals surface area contributed by atoms with E-state index in [1.54, 1.807) is 9.80 Å². The minimum Gasteiger partial charge on any atom is -0.444 e. The van der Waals surface area contributed by atoms with Crippen molar-refractivity contribution in [2.45, 2.75) is 59.6 Å². The van der Waals surface area contributed by atoms with Gasteiger partial charge in [0.1, 0.15) is 23.5 Å². The number of amides is 2. The average molecular weight is 515 g/mol. The van der Waals surface area contributed by atoms with Crippen molar-refractivity contribution < 1.29 is 23.5 Å². The van der Waals surface area contributed by atoms with E-state index in [4.69, 9.17) is 9.47 Å². The standard InChI is InChI=1S/C26H35FN6O4/c1-7-33(17(2)3)23(34)19-12-18(27)8-9-20(19)36-22-21(28-16-29-30-22)31-11-10-26(13-31)14-32(15-26)24(35)37-25(4,5)6/h8-9,12,16-17H,7,10-11,13-15H2,1-6H3. The largest absolute Gasteiger partial charge is 0.444 e. The highest BCUT2D eigenvalue weighted by Gasteiger charge is 2.51. The van der Waals surface area contributed by atoms with Crippen LogP contribution < -0.4 is 9.64 Å². The van der Waals surface area contributed by atoms with Gasteiger partial charge in [0.05, 0.1) is 5.56 Å². The first-order chi connectivity index (χ1) is 17.4. The number of carbonyl (C=O) groups excluding carboxylic acids is 2. The number of rotatable bonds is 6. The van der Waals surface area contributed by atoms with Crippen molar-refractivity contribution in [2.75, 3.05) is 37.6 Å². The molecule has 2 amide bonds. The molecule has 0 bridgehead atoms. The Labute approximate surface area is 216 Å². The Morgan fingerprint density at radius 3 is 2.59 bits per heavy atom. The molecule has 2 saturated heterocycles. The number of hydrogen-bond acceptors (Lipinski definition) is 8. The maximum Gasteiger partial charge on any atom is 0.410 e. The highest BCUT2D eigenvalue weighted by atomic mass is 19.1. The van der Waals surface area contributed by atoms with Crippen LogP contribution in [-0.2, 0) is 4.74 Å². The van der Waals surface area contributed by atoms with Crippen molar-refractivity contribution >= 4 is 17.8 Å². The number of hydrogen-bond donors (Lipinski definition) is 0. The van der Waals surface area contributed by atoms with Gasteiger partial charge >= 0.3 is 6.09 Å². The number of likely N-dealkylation sites (tertiary alicyclic amines) is 1. The summed E-state index contributed by atoms with van der Waals surface area (Å²) in [6, 6.07) is 3.78. The zero-order valence-electron chi connectivity index (χ0n) is 22.3. The van der Waals surface area contributed by atoms with Crippen LogP contribution in [0, 0.1) is 11.2 Å². The Morgan fingerprint density at radius 2 is 1.95 bits per heavy atom. The second-order valence-corrected chi connectivity index (χ2v) is 11.0. The average Bonchev–Trinajstić information content (AvgIpc) is 3.24. The van der Waals surface area contributed by atoms with E-state index in [9.17, 15) is 14.0 Å². The van der Waals surface area contributed by atoms with Crippen molar-refractivity contribution in [2.24, 2.45) is 5.41 Å². The molecule has 2 aliphatic heterocycles. The molecule has 11 heteroatoms. The topological polar surface area (TPSA) is 101 Å². The highest BCUT2D eigenvalue weighted by molar-refractivity contribution is 5.97. The maximum absolute atomic E-state index is 14.1. The first-order valence-corrected chi connectivity index (χ1v) is 12.6. The van der Waals surface area contributed by atoms with Crippen LogP contribution in [0.3, 0.4) is 0 Å². The van der Waals surface area contributed by atoms with Gasteiger partial charge in [0.25, 0.3) is 11.8 Å². The molecule has 0 saturated carbocycles. The lowest BCUT2D eigenvalue weighted by atomic mass is 9.79. The molecule has 0 aliphatic carbocycles. The van der Waals surface area contributed by atoms with E-state index in [1.807, 2.05) is 46.4 Å². The molecule has 2 aromatic rings. The molecule has 4 rings (SSSR count). The number of benzene rings is 1. The van der Waals surface area contributed by atoms with Crippen molar-refractivity contribution in [3.8, 4) is 11.6 Å². The normalized spacial score (nSPS) is 16.6. The van der Waals surface area contributed by atoms with Crippen LogP contribution in [0.15, 0.2) is 24.5 Å². The Balaban J connectivity index is 1.51. The molecule has 1 spiro atoms. The van der Waals surface area contributed by atoms with Gasteiger partial charge in [-0.3, -0.25) is 4.79 Å². The molecule has 0 radical (unpaired) electrons. The summed E-state index contributed by atoms with van der Waals surface area (Å²) in [5.41, 5.74) is -0.489. The smallest absolute Gasteiger partial charge is 0.410 e. The number of ether oxygens (including phenoxy) is 2. The zero-order valence-corrected chi connectivity index (χ0v) is 22.3. The van der Waals surface area contributed by atoms with Crippen LogP contribution in [0.5, 0.6) is 11.6 Å². The number of anilines is 1. The van der Waals surface area contributed by atoms with Crippen LogP contribution >= 0.6 is 0 Å². The Morgan fingerprint density at radius 1 is 1.22 bits per heavy atom. The predicted molar refractivity (Wildman–Crippen MR) is 135 cm³/mol. The molecule has 0 atom stereocenters. The lowest BCUT2D eigenvalue weighted by Gasteiger charge is -2.47. The van der Waals surface area contributed by atoms with E-state index in [-0.39, 0.29) is 40.7 Å². The first kappa shape index (κ1) is 26.6. The van der Waals surface area contributed by atoms with Crippen LogP contribution in [0.2, 0.25) is 0 Å². The number of aromatic nitrogens is 3. The van der Waals surface area contributed by atoms with E-state index >= 15 is 0 Å². The summed E-state index contributed by atoms with van der Waals surface area (Å²) in [7, 11) is 0. The quantitative estimate of drug-likeness (QED) is 0.568. The molecular weight excluding hydrogens is 479 g/mol. The van der Waals surface area contributed by atoms with Gasteiger partial charge in [-0.15, -0.1) is 10.2 Å². The first-order valence-electron chi connectivity index (χ1n) is 12.6. The summed E-state index contributed by atoms with van der Waals surface area (Å²) >= 11 is 0. The molecule has 2 aliphatic rings. The third-order valence-electron chi connectivity index (χ3n) is 6.62. The Kier molecular flexibility index (Phi) is 7.25. The van der Waals surface area contributed by atoms with E-state index in [0.717, 1.165) is 6.42 Å². The monoisotopic (exact) mass is 514 g/mol. The van der Waals surface area contributed by atoms with Crippen molar-refractivity contribution in [1.29, 1.82) is 0 Å². The summed E-state index contributed by atoms with van der Waals surface area (Å²) in [6.45, 7) is 14.3. The highest BCUT2D eigenvalue weighted by Crippen LogP contribution is 2.43. The Hall–Kier alpha value is -3.50. The van der Waals surface area contributed by atoms with Gasteiger partial charge in [0.15, 0.2) is 5.82 Å². The summed E-state index contributed by atoms with van der Waals surface area (Å²) in [5, 5.41) is 8.01. The molecule has 3 heterocycles. The molecular formula is C26H35FN6O4. The van der Waals surface area contributed by atoms with E-state index in [0.29, 0.717) is 38.5 Å². The molecule has 2 fully saturated rings. The molecule has 10 nitrogen and oxygen atoms in total. The lowest BCUT2D eigenvalue weighted by Crippen LogP contribution is -2.60. The molecule has 1 aromatic heterocycles. The minimum absolute atomic E-state index is 0.0605. The molecule has 1 aromatic carbocycles. The summed E-state index contributed by atoms with van der Waals surface area (Å²) < 4.78 is 25.7. The van der Waals surface area contributed by atoms with Crippen molar-refractivity contribution in [3.63, 3.8) is 0 Å². The molecule has 0 unspecified atom stereocenters. The van der Waals surface area contributed by atoms with E-state index in [2.05, 4.69) is 15.2 Å². The minimum atomic E-state index is -0.537. The molecule has 0 N–H and O–H groups in total. The van der Waals surface area contributed by atoms with Crippen LogP contribution in [-0.4, -0.2) is 81.3 Å². The van der Waals surface area contributed by atoms with Gasteiger partial charge in [-0.05, 0) is 66.2 Å². The van der Waals surface area contributed by atoms with Gasteiger partial charge in [0.2, 0.25) is 0 Å². The third kappa shape index (κ3) is 5.75. The van der Waals surface area contributed by atoms with E-state index in [1.165, 1.54) is 24.5 Å². The summed E-state index contributed by atoms with van der Waals surface area (Å²) in [5.74, 6) is -0.0587. The van der Waals surface area contributed by atoms with Crippen molar-refractivity contribution in [3.05, 3.63) is 35.9 Å². The van der Waals surface area contributed by atoms with E-state index < -0.39 is 11.4 Å². The van der Waals surface area contributed by atoms with Crippen LogP contribution in [0.4, 0.5) is 15.0 Å². The molecule has 200 valence electrons. The summed E-state index contributed by atoms with van der Waals surface area (Å²) in [4.78, 5) is 35.4. The van der Waals surface area contributed by atoms with Crippen molar-refractivity contribution in [1.82, 2.24) is 25.0 Å². The van der Waals surface area contributed by atoms with Gasteiger partial charge in [0, 0.05) is 44.2 Å². The lowest BCUT2D eigenvalue weighted by molar-refractivity contribution is -0.0266. The second kappa shape index (κ2) is 10.1.